The lowest BCUT2D eigenvalue weighted by Gasteiger charge is -2.11. The van der Waals surface area contributed by atoms with Crippen LogP contribution in [0.5, 0.6) is 11.6 Å². The van der Waals surface area contributed by atoms with Crippen molar-refractivity contribution in [2.24, 2.45) is 0 Å². The third-order valence-electron chi connectivity index (χ3n) is 3.46. The van der Waals surface area contributed by atoms with Crippen molar-refractivity contribution in [3.8, 4) is 11.6 Å². The number of para-hydroxylation sites is 1. The predicted octanol–water partition coefficient (Wildman–Crippen LogP) is 4.45. The SMILES string of the molecule is C=CC(=O)Nc1cccc(Oc2nc(Nc3ccccc3)ncc2C)c1. The third kappa shape index (κ3) is 4.45. The highest BCUT2D eigenvalue weighted by Crippen LogP contribution is 2.26. The minimum Gasteiger partial charge on any atom is -0.438 e. The summed E-state index contributed by atoms with van der Waals surface area (Å²) in [6, 6.07) is 16.7. The Morgan fingerprint density at radius 2 is 1.88 bits per heavy atom. The predicted molar refractivity (Wildman–Crippen MR) is 102 cm³/mol. The molecule has 0 radical (unpaired) electrons. The first kappa shape index (κ1) is 17.2. The zero-order chi connectivity index (χ0) is 18.4. The van der Waals surface area contributed by atoms with E-state index in [2.05, 4.69) is 27.2 Å². The van der Waals surface area contributed by atoms with Crippen LogP contribution in [-0.2, 0) is 4.79 Å². The fraction of sp³-hybridized carbons (Fsp3) is 0.0500. The second kappa shape index (κ2) is 7.94. The molecule has 2 N–H and O–H groups in total. The van der Waals surface area contributed by atoms with E-state index >= 15 is 0 Å². The van der Waals surface area contributed by atoms with Crippen LogP contribution in [0.4, 0.5) is 17.3 Å². The van der Waals surface area contributed by atoms with Crippen molar-refractivity contribution >= 4 is 23.2 Å². The first-order valence-electron chi connectivity index (χ1n) is 8.01. The van der Waals surface area contributed by atoms with Crippen molar-refractivity contribution in [1.29, 1.82) is 0 Å². The number of aromatic nitrogens is 2. The van der Waals surface area contributed by atoms with E-state index in [1.165, 1.54) is 6.08 Å². The molecular weight excluding hydrogens is 328 g/mol. The first-order chi connectivity index (χ1) is 12.6. The molecule has 0 aliphatic heterocycles. The first-order valence-corrected chi connectivity index (χ1v) is 8.01. The van der Waals surface area contributed by atoms with Gasteiger partial charge in [0, 0.05) is 29.2 Å². The highest BCUT2D eigenvalue weighted by Gasteiger charge is 2.08. The summed E-state index contributed by atoms with van der Waals surface area (Å²) in [6.45, 7) is 5.30. The molecule has 0 saturated heterocycles. The Bertz CT molecular complexity index is 926. The van der Waals surface area contributed by atoms with Crippen molar-refractivity contribution in [3.05, 3.63) is 79.0 Å². The number of ether oxygens (including phenoxy) is 1. The van der Waals surface area contributed by atoms with E-state index in [0.717, 1.165) is 11.3 Å². The maximum atomic E-state index is 11.4. The molecule has 1 aromatic heterocycles. The smallest absolute Gasteiger partial charge is 0.247 e. The summed E-state index contributed by atoms with van der Waals surface area (Å²) in [7, 11) is 0. The molecule has 0 bridgehead atoms. The van der Waals surface area contributed by atoms with Crippen molar-refractivity contribution in [2.75, 3.05) is 10.6 Å². The van der Waals surface area contributed by atoms with Crippen LogP contribution < -0.4 is 15.4 Å². The van der Waals surface area contributed by atoms with Gasteiger partial charge >= 0.3 is 0 Å². The number of amides is 1. The average molecular weight is 346 g/mol. The van der Waals surface area contributed by atoms with Crippen molar-refractivity contribution in [2.45, 2.75) is 6.92 Å². The standard InChI is InChI=1S/C20H18N4O2/c1-3-18(25)22-16-10-7-11-17(12-16)26-19-14(2)13-21-20(24-19)23-15-8-5-4-6-9-15/h3-13H,1H2,2H3,(H,22,25)(H,21,23,24). The molecule has 0 saturated carbocycles. The van der Waals surface area contributed by atoms with Gasteiger partial charge in [-0.15, -0.1) is 0 Å². The number of hydrogen-bond acceptors (Lipinski definition) is 5. The Kier molecular flexibility index (Phi) is 5.24. The number of carbonyl (C=O) groups is 1. The van der Waals surface area contributed by atoms with Gasteiger partial charge in [-0.05, 0) is 37.3 Å². The van der Waals surface area contributed by atoms with E-state index in [-0.39, 0.29) is 5.91 Å². The van der Waals surface area contributed by atoms with E-state index in [4.69, 9.17) is 4.74 Å². The molecule has 130 valence electrons. The molecule has 26 heavy (non-hydrogen) atoms. The molecule has 3 aromatic rings. The fourth-order valence-corrected chi connectivity index (χ4v) is 2.18. The molecule has 0 unspecified atom stereocenters. The van der Waals surface area contributed by atoms with Crippen LogP contribution in [0.25, 0.3) is 0 Å². The number of anilines is 3. The lowest BCUT2D eigenvalue weighted by molar-refractivity contribution is -0.111. The number of benzene rings is 2. The zero-order valence-electron chi connectivity index (χ0n) is 14.3. The van der Waals surface area contributed by atoms with E-state index < -0.39 is 0 Å². The van der Waals surface area contributed by atoms with Crippen LogP contribution in [0, 0.1) is 6.92 Å². The Morgan fingerprint density at radius 3 is 2.65 bits per heavy atom. The van der Waals surface area contributed by atoms with Gasteiger partial charge in [-0.25, -0.2) is 4.98 Å². The maximum absolute atomic E-state index is 11.4. The van der Waals surface area contributed by atoms with Crippen LogP contribution in [0.2, 0.25) is 0 Å². The normalized spacial score (nSPS) is 10.0. The Morgan fingerprint density at radius 1 is 1.12 bits per heavy atom. The van der Waals surface area contributed by atoms with Gasteiger partial charge in [-0.3, -0.25) is 4.79 Å². The molecule has 0 aliphatic carbocycles. The summed E-state index contributed by atoms with van der Waals surface area (Å²) >= 11 is 0. The molecule has 1 amide bonds. The van der Waals surface area contributed by atoms with Gasteiger partial charge in [0.2, 0.25) is 17.7 Å². The van der Waals surface area contributed by atoms with Gasteiger partial charge in [0.1, 0.15) is 5.75 Å². The molecule has 1 heterocycles. The molecular formula is C20H18N4O2. The van der Waals surface area contributed by atoms with Crippen LogP contribution >= 0.6 is 0 Å². The number of nitrogens with one attached hydrogen (secondary N) is 2. The summed E-state index contributed by atoms with van der Waals surface area (Å²) in [5.41, 5.74) is 2.29. The minimum atomic E-state index is -0.283. The molecule has 6 nitrogen and oxygen atoms in total. The lowest BCUT2D eigenvalue weighted by Crippen LogP contribution is -2.07. The zero-order valence-corrected chi connectivity index (χ0v) is 14.3. The summed E-state index contributed by atoms with van der Waals surface area (Å²) < 4.78 is 5.88. The second-order valence-electron chi connectivity index (χ2n) is 5.50. The van der Waals surface area contributed by atoms with E-state index in [1.807, 2.05) is 37.3 Å². The number of hydrogen-bond donors (Lipinski definition) is 2. The van der Waals surface area contributed by atoms with Gasteiger partial charge < -0.3 is 15.4 Å². The molecule has 6 heteroatoms. The quantitative estimate of drug-likeness (QED) is 0.645. The number of carbonyl (C=O) groups excluding carboxylic acids is 1. The van der Waals surface area contributed by atoms with Crippen LogP contribution in [0.15, 0.2) is 73.4 Å². The maximum Gasteiger partial charge on any atom is 0.247 e. The van der Waals surface area contributed by atoms with Crippen LogP contribution in [0.3, 0.4) is 0 Å². The van der Waals surface area contributed by atoms with Gasteiger partial charge in [-0.2, -0.15) is 4.98 Å². The largest absolute Gasteiger partial charge is 0.438 e. The highest BCUT2D eigenvalue weighted by atomic mass is 16.5. The van der Waals surface area contributed by atoms with Gasteiger partial charge in [0.05, 0.1) is 0 Å². The lowest BCUT2D eigenvalue weighted by atomic mass is 10.3. The molecule has 0 aliphatic rings. The summed E-state index contributed by atoms with van der Waals surface area (Å²) in [6.07, 6.45) is 2.90. The minimum absolute atomic E-state index is 0.283. The Labute approximate surface area is 151 Å². The summed E-state index contributed by atoms with van der Waals surface area (Å²) in [4.78, 5) is 20.1. The van der Waals surface area contributed by atoms with Crippen molar-refractivity contribution in [3.63, 3.8) is 0 Å². The Balaban J connectivity index is 1.79. The van der Waals surface area contributed by atoms with E-state index in [9.17, 15) is 4.79 Å². The van der Waals surface area contributed by atoms with Crippen LogP contribution in [-0.4, -0.2) is 15.9 Å². The molecule has 0 fully saturated rings. The molecule has 0 atom stereocenters. The number of rotatable bonds is 6. The highest BCUT2D eigenvalue weighted by molar-refractivity contribution is 5.98. The average Bonchev–Trinajstić information content (AvgIpc) is 2.65. The topological polar surface area (TPSA) is 76.1 Å². The van der Waals surface area contributed by atoms with Gasteiger partial charge in [0.15, 0.2) is 0 Å². The van der Waals surface area contributed by atoms with Gasteiger partial charge in [0.25, 0.3) is 0 Å². The summed E-state index contributed by atoms with van der Waals surface area (Å²) in [5, 5.41) is 5.83. The van der Waals surface area contributed by atoms with Gasteiger partial charge in [-0.1, -0.05) is 30.8 Å². The number of aryl methyl sites for hydroxylation is 1. The fourth-order valence-electron chi connectivity index (χ4n) is 2.18. The van der Waals surface area contributed by atoms with Crippen molar-refractivity contribution < 1.29 is 9.53 Å². The Hall–Kier alpha value is -3.67. The van der Waals surface area contributed by atoms with Crippen LogP contribution in [0.1, 0.15) is 5.56 Å². The number of nitrogens with zero attached hydrogens (tertiary/aromatic N) is 2. The monoisotopic (exact) mass is 346 g/mol. The molecule has 0 spiro atoms. The molecule has 3 rings (SSSR count). The van der Waals surface area contributed by atoms with E-state index in [1.54, 1.807) is 30.5 Å². The molecule has 2 aromatic carbocycles. The van der Waals surface area contributed by atoms with E-state index in [0.29, 0.717) is 23.3 Å². The third-order valence-corrected chi connectivity index (χ3v) is 3.46. The summed E-state index contributed by atoms with van der Waals surface area (Å²) in [5.74, 6) is 1.15. The second-order valence-corrected chi connectivity index (χ2v) is 5.50. The van der Waals surface area contributed by atoms with Crippen molar-refractivity contribution in [1.82, 2.24) is 9.97 Å².